The summed E-state index contributed by atoms with van der Waals surface area (Å²) in [4.78, 5) is 35.9. The van der Waals surface area contributed by atoms with E-state index in [2.05, 4.69) is 26.0 Å². The second kappa shape index (κ2) is 5.58. The van der Waals surface area contributed by atoms with Crippen LogP contribution in [0.15, 0.2) is 22.7 Å². The largest absolute Gasteiger partial charge is 0.467 e. The number of ether oxygens (including phenoxy) is 1. The molecule has 8 heteroatoms. The number of imide groups is 1. The van der Waals surface area contributed by atoms with Crippen molar-refractivity contribution in [2.75, 3.05) is 13.7 Å². The Morgan fingerprint density at radius 2 is 2.20 bits per heavy atom. The number of urea groups is 1. The minimum absolute atomic E-state index is 0.156. The van der Waals surface area contributed by atoms with E-state index in [-0.39, 0.29) is 16.6 Å². The standard InChI is InChI=1S/C12H10BrFN2O4/c1-20-11(18)10(16-9(17)5-15-12(16)19)6-2-3-7(13)8(14)4-6/h2-4,10H,5H2,1H3,(H,15,19). The average molecular weight is 345 g/mol. The molecule has 1 unspecified atom stereocenters. The molecule has 6 nitrogen and oxygen atoms in total. The topological polar surface area (TPSA) is 75.7 Å². The van der Waals surface area contributed by atoms with Gasteiger partial charge in [0.05, 0.1) is 18.1 Å². The third kappa shape index (κ3) is 2.51. The summed E-state index contributed by atoms with van der Waals surface area (Å²) in [6, 6.07) is 1.88. The van der Waals surface area contributed by atoms with Crippen LogP contribution in [0.5, 0.6) is 0 Å². The number of hydrogen-bond donors (Lipinski definition) is 1. The summed E-state index contributed by atoms with van der Waals surface area (Å²) in [7, 11) is 1.13. The zero-order valence-corrected chi connectivity index (χ0v) is 11.9. The number of carbonyl (C=O) groups excluding carboxylic acids is 3. The lowest BCUT2D eigenvalue weighted by Crippen LogP contribution is -2.39. The maximum absolute atomic E-state index is 13.6. The predicted octanol–water partition coefficient (Wildman–Crippen LogP) is 1.35. The van der Waals surface area contributed by atoms with E-state index in [1.165, 1.54) is 12.1 Å². The first-order chi connectivity index (χ1) is 9.45. The number of nitrogens with zero attached hydrogens (tertiary/aromatic N) is 1. The Morgan fingerprint density at radius 1 is 1.50 bits per heavy atom. The zero-order valence-electron chi connectivity index (χ0n) is 10.4. The minimum atomic E-state index is -1.31. The molecule has 1 heterocycles. The maximum atomic E-state index is 13.6. The van der Waals surface area contributed by atoms with Gasteiger partial charge in [-0.15, -0.1) is 0 Å². The number of esters is 1. The summed E-state index contributed by atoms with van der Waals surface area (Å²) in [6.07, 6.45) is 0. The molecule has 1 fully saturated rings. The van der Waals surface area contributed by atoms with Gasteiger partial charge in [-0.1, -0.05) is 6.07 Å². The van der Waals surface area contributed by atoms with Crippen molar-refractivity contribution in [3.8, 4) is 0 Å². The smallest absolute Gasteiger partial charge is 0.333 e. The summed E-state index contributed by atoms with van der Waals surface area (Å²) >= 11 is 2.99. The van der Waals surface area contributed by atoms with Gasteiger partial charge in [0.15, 0.2) is 6.04 Å². The van der Waals surface area contributed by atoms with Crippen molar-refractivity contribution in [1.29, 1.82) is 0 Å². The molecule has 3 amide bonds. The molecule has 0 radical (unpaired) electrons. The van der Waals surface area contributed by atoms with Gasteiger partial charge in [-0.2, -0.15) is 0 Å². The van der Waals surface area contributed by atoms with Crippen molar-refractivity contribution in [3.05, 3.63) is 34.1 Å². The molecular formula is C12H10BrFN2O4. The monoisotopic (exact) mass is 344 g/mol. The summed E-state index contributed by atoms with van der Waals surface area (Å²) < 4.78 is 18.4. The Morgan fingerprint density at radius 3 is 2.70 bits per heavy atom. The summed E-state index contributed by atoms with van der Waals surface area (Å²) in [5, 5.41) is 2.30. The third-order valence-corrected chi connectivity index (χ3v) is 3.46. The van der Waals surface area contributed by atoms with E-state index in [1.807, 2.05) is 0 Å². The molecule has 1 aromatic rings. The maximum Gasteiger partial charge on any atom is 0.333 e. The Bertz CT molecular complexity index is 577. The fraction of sp³-hybridized carbons (Fsp3) is 0.250. The van der Waals surface area contributed by atoms with Crippen LogP contribution in [0.2, 0.25) is 0 Å². The lowest BCUT2D eigenvalue weighted by Gasteiger charge is -2.23. The van der Waals surface area contributed by atoms with Crippen LogP contribution in [0.3, 0.4) is 0 Å². The van der Waals surface area contributed by atoms with E-state index in [0.717, 1.165) is 18.1 Å². The van der Waals surface area contributed by atoms with Gasteiger partial charge >= 0.3 is 12.0 Å². The Balaban J connectivity index is 2.47. The summed E-state index contributed by atoms with van der Waals surface area (Å²) in [5.74, 6) is -2.01. The Kier molecular flexibility index (Phi) is 4.03. The van der Waals surface area contributed by atoms with Crippen LogP contribution >= 0.6 is 15.9 Å². The first kappa shape index (κ1) is 14.4. The molecule has 106 valence electrons. The van der Waals surface area contributed by atoms with Gasteiger partial charge in [-0.25, -0.2) is 18.9 Å². The van der Waals surface area contributed by atoms with E-state index in [1.54, 1.807) is 0 Å². The SMILES string of the molecule is COC(=O)C(c1ccc(Br)c(F)c1)N1C(=O)CNC1=O. The molecule has 2 rings (SSSR count). The summed E-state index contributed by atoms with van der Waals surface area (Å²) in [6.45, 7) is -0.203. The quantitative estimate of drug-likeness (QED) is 0.663. The Hall–Kier alpha value is -1.96. The van der Waals surface area contributed by atoms with Crippen molar-refractivity contribution in [1.82, 2.24) is 10.2 Å². The number of amides is 3. The van der Waals surface area contributed by atoms with Crippen molar-refractivity contribution in [3.63, 3.8) is 0 Å². The van der Waals surface area contributed by atoms with Gasteiger partial charge in [0.1, 0.15) is 5.82 Å². The zero-order chi connectivity index (χ0) is 14.9. The molecular weight excluding hydrogens is 335 g/mol. The number of nitrogens with one attached hydrogen (secondary N) is 1. The fourth-order valence-corrected chi connectivity index (χ4v) is 2.13. The third-order valence-electron chi connectivity index (χ3n) is 2.82. The highest BCUT2D eigenvalue weighted by Gasteiger charge is 2.40. The fourth-order valence-electron chi connectivity index (χ4n) is 1.88. The molecule has 1 atom stereocenters. The molecule has 1 N–H and O–H groups in total. The summed E-state index contributed by atoms with van der Waals surface area (Å²) in [5.41, 5.74) is 0.156. The highest BCUT2D eigenvalue weighted by Crippen LogP contribution is 2.27. The molecule has 0 saturated carbocycles. The van der Waals surface area contributed by atoms with Crippen molar-refractivity contribution in [2.24, 2.45) is 0 Å². The van der Waals surface area contributed by atoms with Crippen LogP contribution in [0, 0.1) is 5.82 Å². The van der Waals surface area contributed by atoms with Crippen LogP contribution in [0.1, 0.15) is 11.6 Å². The number of benzene rings is 1. The van der Waals surface area contributed by atoms with Crippen molar-refractivity contribution < 1.29 is 23.5 Å². The molecule has 0 spiro atoms. The molecule has 0 aromatic heterocycles. The number of rotatable bonds is 3. The lowest BCUT2D eigenvalue weighted by molar-refractivity contribution is -0.149. The first-order valence-corrected chi connectivity index (χ1v) is 6.37. The van der Waals surface area contributed by atoms with Crippen LogP contribution in [0.25, 0.3) is 0 Å². The van der Waals surface area contributed by atoms with E-state index in [0.29, 0.717) is 0 Å². The Labute approximate surface area is 122 Å². The molecule has 20 heavy (non-hydrogen) atoms. The van der Waals surface area contributed by atoms with Gasteiger partial charge in [0.2, 0.25) is 0 Å². The van der Waals surface area contributed by atoms with Crippen LogP contribution in [0.4, 0.5) is 9.18 Å². The van der Waals surface area contributed by atoms with Gasteiger partial charge in [-0.05, 0) is 33.6 Å². The van der Waals surface area contributed by atoms with E-state index < -0.39 is 29.8 Å². The highest BCUT2D eigenvalue weighted by molar-refractivity contribution is 9.10. The number of methoxy groups -OCH3 is 1. The number of hydrogen-bond acceptors (Lipinski definition) is 4. The first-order valence-electron chi connectivity index (χ1n) is 5.58. The molecule has 1 aromatic carbocycles. The number of carbonyl (C=O) groups is 3. The molecule has 1 aliphatic heterocycles. The van der Waals surface area contributed by atoms with Gasteiger partial charge < -0.3 is 10.1 Å². The minimum Gasteiger partial charge on any atom is -0.467 e. The van der Waals surface area contributed by atoms with Crippen molar-refractivity contribution in [2.45, 2.75) is 6.04 Å². The second-order valence-corrected chi connectivity index (χ2v) is 4.88. The van der Waals surface area contributed by atoms with Crippen molar-refractivity contribution >= 4 is 33.8 Å². The van der Waals surface area contributed by atoms with E-state index >= 15 is 0 Å². The molecule has 1 saturated heterocycles. The normalized spacial score (nSPS) is 16.1. The number of halogens is 2. The second-order valence-electron chi connectivity index (χ2n) is 4.02. The van der Waals surface area contributed by atoms with Crippen LogP contribution in [-0.2, 0) is 14.3 Å². The van der Waals surface area contributed by atoms with Crippen LogP contribution in [-0.4, -0.2) is 36.5 Å². The average Bonchev–Trinajstić information content (AvgIpc) is 2.74. The van der Waals surface area contributed by atoms with Crippen LogP contribution < -0.4 is 5.32 Å². The predicted molar refractivity (Wildman–Crippen MR) is 69.1 cm³/mol. The highest BCUT2D eigenvalue weighted by atomic mass is 79.9. The molecule has 1 aliphatic rings. The van der Waals surface area contributed by atoms with Gasteiger partial charge in [-0.3, -0.25) is 4.79 Å². The lowest BCUT2D eigenvalue weighted by atomic mass is 10.1. The molecule has 0 aliphatic carbocycles. The van der Waals surface area contributed by atoms with Gasteiger partial charge in [0.25, 0.3) is 5.91 Å². The van der Waals surface area contributed by atoms with E-state index in [4.69, 9.17) is 0 Å². The molecule has 0 bridgehead atoms. The van der Waals surface area contributed by atoms with Gasteiger partial charge in [0, 0.05) is 0 Å². The van der Waals surface area contributed by atoms with E-state index in [9.17, 15) is 18.8 Å².